The molecule has 1 atom stereocenters. The smallest absolute Gasteiger partial charge is 0.336 e. The first-order chi connectivity index (χ1) is 17.6. The van der Waals surface area contributed by atoms with Crippen molar-refractivity contribution in [2.75, 3.05) is 26.2 Å². The zero-order valence-corrected chi connectivity index (χ0v) is 19.9. The molecule has 36 heavy (non-hydrogen) atoms. The molecule has 1 saturated heterocycles. The van der Waals surface area contributed by atoms with Crippen LogP contribution in [0.3, 0.4) is 0 Å². The molecule has 2 aliphatic rings. The van der Waals surface area contributed by atoms with Crippen LogP contribution in [-0.2, 0) is 24.3 Å². The number of fused-ring (bicyclic) bond motifs is 1. The molecule has 1 fully saturated rings. The molecule has 0 spiro atoms. The molecule has 5 rings (SSSR count). The molecule has 0 saturated carbocycles. The summed E-state index contributed by atoms with van der Waals surface area (Å²) in [5.41, 5.74) is 8.68. The predicted octanol–water partition coefficient (Wildman–Crippen LogP) is 2.41. The summed E-state index contributed by atoms with van der Waals surface area (Å²) < 4.78 is 5.18. The molecule has 0 aliphatic carbocycles. The Morgan fingerprint density at radius 2 is 1.50 bits per heavy atom. The number of piperazine rings is 1. The Kier molecular flexibility index (Phi) is 6.99. The number of hydrogen-bond donors (Lipinski definition) is 2. The normalized spacial score (nSPS) is 17.8. The minimum absolute atomic E-state index is 0.190. The van der Waals surface area contributed by atoms with Gasteiger partial charge in [0.25, 0.3) is 11.8 Å². The lowest BCUT2D eigenvalue weighted by Crippen LogP contribution is -2.59. The summed E-state index contributed by atoms with van der Waals surface area (Å²) >= 11 is 0. The van der Waals surface area contributed by atoms with Crippen molar-refractivity contribution in [1.82, 2.24) is 25.6 Å². The third kappa shape index (κ3) is 5.26. The molecule has 9 nitrogen and oxygen atoms in total. The first kappa shape index (κ1) is 23.6. The molecule has 2 aliphatic heterocycles. The van der Waals surface area contributed by atoms with Gasteiger partial charge < -0.3 is 14.2 Å². The highest BCUT2D eigenvalue weighted by molar-refractivity contribution is 5.91. The van der Waals surface area contributed by atoms with Gasteiger partial charge in [0.05, 0.1) is 12.3 Å². The van der Waals surface area contributed by atoms with Crippen molar-refractivity contribution < 1.29 is 18.8 Å². The predicted molar refractivity (Wildman–Crippen MR) is 132 cm³/mol. The van der Waals surface area contributed by atoms with Gasteiger partial charge in [-0.2, -0.15) is 0 Å². The number of benzene rings is 2. The van der Waals surface area contributed by atoms with Gasteiger partial charge in [0.1, 0.15) is 0 Å². The largest absolute Gasteiger partial charge is 0.459 e. The Labute approximate surface area is 209 Å². The summed E-state index contributed by atoms with van der Waals surface area (Å²) in [4.78, 5) is 43.8. The van der Waals surface area contributed by atoms with Crippen LogP contribution < -0.4 is 10.9 Å². The third-order valence-electron chi connectivity index (χ3n) is 6.76. The van der Waals surface area contributed by atoms with Crippen LogP contribution in [0, 0.1) is 0 Å². The van der Waals surface area contributed by atoms with Crippen LogP contribution in [-0.4, -0.2) is 64.8 Å². The molecule has 1 unspecified atom stereocenters. The fraction of sp³-hybridized carbons (Fsp3) is 0.296. The number of carbonyl (C=O) groups is 3. The lowest BCUT2D eigenvalue weighted by Gasteiger charge is -2.36. The molecular formula is C27H29N5O4. The lowest BCUT2D eigenvalue weighted by molar-refractivity contribution is -0.128. The second-order valence-corrected chi connectivity index (χ2v) is 9.06. The van der Waals surface area contributed by atoms with E-state index < -0.39 is 6.04 Å². The Morgan fingerprint density at radius 3 is 2.22 bits per heavy atom. The SMILES string of the molecule is O=C(NNC(=O)N1CCN(C(=O)c2ccco2)CC1)C1Cc2ccccc2CN1Cc1ccccc1. The zero-order chi connectivity index (χ0) is 24.9. The van der Waals surface area contributed by atoms with Crippen molar-refractivity contribution in [2.24, 2.45) is 0 Å². The van der Waals surface area contributed by atoms with E-state index in [9.17, 15) is 14.4 Å². The van der Waals surface area contributed by atoms with Crippen molar-refractivity contribution in [2.45, 2.75) is 25.6 Å². The van der Waals surface area contributed by atoms with Gasteiger partial charge in [-0.25, -0.2) is 10.2 Å². The Hall–Kier alpha value is -4.11. The number of rotatable bonds is 4. The van der Waals surface area contributed by atoms with Crippen LogP contribution in [0.15, 0.2) is 77.4 Å². The molecule has 3 heterocycles. The number of nitrogens with zero attached hydrogens (tertiary/aromatic N) is 3. The molecule has 1 aromatic heterocycles. The molecule has 9 heteroatoms. The van der Waals surface area contributed by atoms with Crippen molar-refractivity contribution in [3.63, 3.8) is 0 Å². The number of hydrazine groups is 1. The Bertz CT molecular complexity index is 1210. The highest BCUT2D eigenvalue weighted by Gasteiger charge is 2.32. The van der Waals surface area contributed by atoms with Gasteiger partial charge in [-0.1, -0.05) is 54.6 Å². The van der Waals surface area contributed by atoms with E-state index >= 15 is 0 Å². The van der Waals surface area contributed by atoms with E-state index in [1.807, 2.05) is 42.5 Å². The van der Waals surface area contributed by atoms with Crippen molar-refractivity contribution in [1.29, 1.82) is 0 Å². The topological polar surface area (TPSA) is 98.1 Å². The highest BCUT2D eigenvalue weighted by atomic mass is 16.3. The minimum Gasteiger partial charge on any atom is -0.459 e. The second kappa shape index (κ2) is 10.7. The summed E-state index contributed by atoms with van der Waals surface area (Å²) in [5, 5.41) is 0. The molecule has 4 amide bonds. The average Bonchev–Trinajstić information content (AvgIpc) is 3.46. The van der Waals surface area contributed by atoms with Gasteiger partial charge in [-0.15, -0.1) is 0 Å². The maximum absolute atomic E-state index is 13.2. The maximum Gasteiger partial charge on any atom is 0.336 e. The van der Waals surface area contributed by atoms with Gasteiger partial charge in [-0.3, -0.25) is 19.9 Å². The fourth-order valence-electron chi connectivity index (χ4n) is 4.77. The summed E-state index contributed by atoms with van der Waals surface area (Å²) in [7, 11) is 0. The van der Waals surface area contributed by atoms with Gasteiger partial charge >= 0.3 is 6.03 Å². The quantitative estimate of drug-likeness (QED) is 0.551. The summed E-state index contributed by atoms with van der Waals surface area (Å²) in [6.07, 6.45) is 2.03. The van der Waals surface area contributed by atoms with E-state index in [0.717, 1.165) is 11.1 Å². The van der Waals surface area contributed by atoms with E-state index in [-0.39, 0.29) is 23.6 Å². The Morgan fingerprint density at radius 1 is 0.806 bits per heavy atom. The van der Waals surface area contributed by atoms with Crippen LogP contribution in [0.25, 0.3) is 0 Å². The van der Waals surface area contributed by atoms with Crippen molar-refractivity contribution in [3.8, 4) is 0 Å². The number of urea groups is 1. The van der Waals surface area contributed by atoms with Crippen molar-refractivity contribution >= 4 is 17.8 Å². The molecule has 0 bridgehead atoms. The van der Waals surface area contributed by atoms with Crippen LogP contribution >= 0.6 is 0 Å². The van der Waals surface area contributed by atoms with Crippen LogP contribution in [0.1, 0.15) is 27.2 Å². The number of hydrogen-bond acceptors (Lipinski definition) is 5. The van der Waals surface area contributed by atoms with Gasteiger partial charge in [0.2, 0.25) is 0 Å². The van der Waals surface area contributed by atoms with Crippen LogP contribution in [0.5, 0.6) is 0 Å². The monoisotopic (exact) mass is 487 g/mol. The third-order valence-corrected chi connectivity index (χ3v) is 6.76. The first-order valence-electron chi connectivity index (χ1n) is 12.1. The molecule has 2 N–H and O–H groups in total. The molecule has 0 radical (unpaired) electrons. The van der Waals surface area contributed by atoms with Gasteiger partial charge in [0, 0.05) is 39.3 Å². The second-order valence-electron chi connectivity index (χ2n) is 9.06. The van der Waals surface area contributed by atoms with E-state index in [1.54, 1.807) is 21.9 Å². The van der Waals surface area contributed by atoms with Crippen LogP contribution in [0.4, 0.5) is 4.79 Å². The maximum atomic E-state index is 13.2. The average molecular weight is 488 g/mol. The lowest BCUT2D eigenvalue weighted by atomic mass is 9.93. The summed E-state index contributed by atoms with van der Waals surface area (Å²) in [5.74, 6) is -0.154. The first-order valence-corrected chi connectivity index (χ1v) is 12.1. The molecule has 3 aromatic rings. The highest BCUT2D eigenvalue weighted by Crippen LogP contribution is 2.25. The van der Waals surface area contributed by atoms with E-state index in [4.69, 9.17) is 4.42 Å². The number of amides is 4. The zero-order valence-electron chi connectivity index (χ0n) is 19.9. The van der Waals surface area contributed by atoms with Crippen molar-refractivity contribution in [3.05, 3.63) is 95.4 Å². The fourth-order valence-corrected chi connectivity index (χ4v) is 4.77. The summed E-state index contributed by atoms with van der Waals surface area (Å²) in [6.45, 7) is 2.81. The van der Waals surface area contributed by atoms with Crippen LogP contribution in [0.2, 0.25) is 0 Å². The molecule has 186 valence electrons. The molecule has 2 aromatic carbocycles. The van der Waals surface area contributed by atoms with E-state index in [1.165, 1.54) is 11.8 Å². The number of nitrogens with one attached hydrogen (secondary N) is 2. The Balaban J connectivity index is 1.17. The van der Waals surface area contributed by atoms with Gasteiger partial charge in [0.15, 0.2) is 5.76 Å². The van der Waals surface area contributed by atoms with E-state index in [0.29, 0.717) is 45.7 Å². The number of furan rings is 1. The minimum atomic E-state index is -0.414. The summed E-state index contributed by atoms with van der Waals surface area (Å²) in [6, 6.07) is 20.7. The number of carbonyl (C=O) groups excluding carboxylic acids is 3. The van der Waals surface area contributed by atoms with Gasteiger partial charge in [-0.05, 0) is 35.2 Å². The van der Waals surface area contributed by atoms with E-state index in [2.05, 4.69) is 27.9 Å². The molecular weight excluding hydrogens is 458 g/mol. The standard InChI is InChI=1S/C27H29N5O4/c33-25(28-29-27(35)31-14-12-30(13-15-31)26(34)24-11-6-16-36-24)23-17-21-9-4-5-10-22(21)19-32(23)18-20-7-2-1-3-8-20/h1-11,16,23H,12-15,17-19H2,(H,28,33)(H,29,35).